The molecular formula is C11H12N2O2S. The molecule has 1 atom stereocenters. The molecule has 2 aromatic rings. The molecule has 0 aliphatic heterocycles. The fourth-order valence-electron chi connectivity index (χ4n) is 1.45. The molecule has 0 fully saturated rings. The Kier molecular flexibility index (Phi) is 3.48. The minimum atomic E-state index is -0.776. The van der Waals surface area contributed by atoms with Gasteiger partial charge in [-0.15, -0.1) is 0 Å². The molecule has 0 saturated carbocycles. The highest BCUT2D eigenvalue weighted by atomic mass is 32.1. The molecule has 16 heavy (non-hydrogen) atoms. The average molecular weight is 236 g/mol. The standard InChI is InChI=1S/C11H12N2O2S/c1-2-15-10-6-4-3-5-8(10)11(14)9-7-12-16-13-9/h3-7,11,14H,2H2,1H3. The number of aliphatic hydroxyl groups excluding tert-OH is 1. The Morgan fingerprint density at radius 1 is 1.44 bits per heavy atom. The normalized spacial score (nSPS) is 12.4. The molecule has 5 heteroatoms. The van der Waals surface area contributed by atoms with Crippen LogP contribution in [0.15, 0.2) is 30.5 Å². The van der Waals surface area contributed by atoms with Crippen LogP contribution in [0.3, 0.4) is 0 Å². The maximum absolute atomic E-state index is 10.1. The van der Waals surface area contributed by atoms with Crippen LogP contribution in [0.4, 0.5) is 0 Å². The molecule has 1 aromatic carbocycles. The maximum atomic E-state index is 10.1. The van der Waals surface area contributed by atoms with Gasteiger partial charge in [0.15, 0.2) is 0 Å². The zero-order valence-electron chi connectivity index (χ0n) is 8.83. The predicted octanol–water partition coefficient (Wildman–Crippen LogP) is 2.02. The summed E-state index contributed by atoms with van der Waals surface area (Å²) in [6, 6.07) is 7.40. The quantitative estimate of drug-likeness (QED) is 0.882. The van der Waals surface area contributed by atoms with Gasteiger partial charge in [0.1, 0.15) is 17.5 Å². The van der Waals surface area contributed by atoms with Crippen molar-refractivity contribution in [3.63, 3.8) is 0 Å². The van der Waals surface area contributed by atoms with Crippen molar-refractivity contribution in [3.8, 4) is 5.75 Å². The van der Waals surface area contributed by atoms with Crippen LogP contribution in [-0.4, -0.2) is 20.5 Å². The molecule has 1 unspecified atom stereocenters. The molecule has 0 aliphatic carbocycles. The van der Waals surface area contributed by atoms with E-state index in [0.717, 1.165) is 17.3 Å². The van der Waals surface area contributed by atoms with Crippen LogP contribution >= 0.6 is 11.7 Å². The van der Waals surface area contributed by atoms with Crippen molar-refractivity contribution < 1.29 is 9.84 Å². The first-order valence-corrected chi connectivity index (χ1v) is 5.73. The van der Waals surface area contributed by atoms with E-state index in [1.165, 1.54) is 0 Å². The van der Waals surface area contributed by atoms with E-state index in [1.807, 2.05) is 31.2 Å². The Hall–Kier alpha value is -1.46. The predicted molar refractivity (Wildman–Crippen MR) is 61.6 cm³/mol. The Morgan fingerprint density at radius 3 is 2.94 bits per heavy atom. The molecule has 0 radical (unpaired) electrons. The SMILES string of the molecule is CCOc1ccccc1C(O)c1cnsn1. The second kappa shape index (κ2) is 5.05. The van der Waals surface area contributed by atoms with Crippen LogP contribution in [0, 0.1) is 0 Å². The van der Waals surface area contributed by atoms with E-state index in [1.54, 1.807) is 6.20 Å². The van der Waals surface area contributed by atoms with Gasteiger partial charge in [-0.25, -0.2) is 0 Å². The summed E-state index contributed by atoms with van der Waals surface area (Å²) in [6.07, 6.45) is 0.791. The van der Waals surface area contributed by atoms with Gasteiger partial charge in [-0.05, 0) is 13.0 Å². The Morgan fingerprint density at radius 2 is 2.25 bits per heavy atom. The molecule has 0 aliphatic rings. The summed E-state index contributed by atoms with van der Waals surface area (Å²) < 4.78 is 13.3. The van der Waals surface area contributed by atoms with Gasteiger partial charge in [-0.3, -0.25) is 0 Å². The van der Waals surface area contributed by atoms with Gasteiger partial charge in [0.25, 0.3) is 0 Å². The summed E-state index contributed by atoms with van der Waals surface area (Å²) in [5, 5.41) is 10.1. The lowest BCUT2D eigenvalue weighted by Gasteiger charge is -2.13. The van der Waals surface area contributed by atoms with Gasteiger partial charge in [-0.1, -0.05) is 18.2 Å². The van der Waals surface area contributed by atoms with Gasteiger partial charge < -0.3 is 9.84 Å². The number of hydrogen-bond donors (Lipinski definition) is 1. The highest BCUT2D eigenvalue weighted by Gasteiger charge is 2.17. The fraction of sp³-hybridized carbons (Fsp3) is 0.273. The van der Waals surface area contributed by atoms with Crippen molar-refractivity contribution in [1.29, 1.82) is 0 Å². The van der Waals surface area contributed by atoms with E-state index in [2.05, 4.69) is 8.75 Å². The highest BCUT2D eigenvalue weighted by Crippen LogP contribution is 2.28. The minimum Gasteiger partial charge on any atom is -0.493 e. The lowest BCUT2D eigenvalue weighted by atomic mass is 10.1. The number of ether oxygens (including phenoxy) is 1. The first kappa shape index (κ1) is 11.0. The van der Waals surface area contributed by atoms with Crippen molar-refractivity contribution in [3.05, 3.63) is 41.7 Å². The molecule has 4 nitrogen and oxygen atoms in total. The number of nitrogens with zero attached hydrogens (tertiary/aromatic N) is 2. The monoisotopic (exact) mass is 236 g/mol. The summed E-state index contributed by atoms with van der Waals surface area (Å²) in [6.45, 7) is 2.48. The summed E-state index contributed by atoms with van der Waals surface area (Å²) in [7, 11) is 0. The van der Waals surface area contributed by atoms with Gasteiger partial charge in [0.05, 0.1) is 24.5 Å². The summed E-state index contributed by atoms with van der Waals surface area (Å²) >= 11 is 1.08. The van der Waals surface area contributed by atoms with E-state index in [9.17, 15) is 5.11 Å². The Labute approximate surface area is 97.9 Å². The Balaban J connectivity index is 2.32. The van der Waals surface area contributed by atoms with Gasteiger partial charge in [0, 0.05) is 5.56 Å². The third-order valence-corrected chi connectivity index (χ3v) is 2.66. The van der Waals surface area contributed by atoms with Crippen molar-refractivity contribution in [2.45, 2.75) is 13.0 Å². The molecule has 84 valence electrons. The zero-order valence-corrected chi connectivity index (χ0v) is 9.65. The highest BCUT2D eigenvalue weighted by molar-refractivity contribution is 6.99. The molecule has 0 bridgehead atoms. The first-order valence-electron chi connectivity index (χ1n) is 5.00. The van der Waals surface area contributed by atoms with E-state index in [-0.39, 0.29) is 0 Å². The fourth-order valence-corrected chi connectivity index (χ4v) is 1.89. The zero-order chi connectivity index (χ0) is 11.4. The summed E-state index contributed by atoms with van der Waals surface area (Å²) in [4.78, 5) is 0. The lowest BCUT2D eigenvalue weighted by molar-refractivity contribution is 0.208. The number of aromatic nitrogens is 2. The van der Waals surface area contributed by atoms with Crippen LogP contribution in [0.1, 0.15) is 24.3 Å². The van der Waals surface area contributed by atoms with E-state index in [4.69, 9.17) is 4.74 Å². The molecule has 0 spiro atoms. The third kappa shape index (κ3) is 2.20. The van der Waals surface area contributed by atoms with Crippen LogP contribution in [0.5, 0.6) is 5.75 Å². The van der Waals surface area contributed by atoms with Gasteiger partial charge >= 0.3 is 0 Å². The van der Waals surface area contributed by atoms with Crippen LogP contribution in [-0.2, 0) is 0 Å². The van der Waals surface area contributed by atoms with Crippen LogP contribution in [0.25, 0.3) is 0 Å². The lowest BCUT2D eigenvalue weighted by Crippen LogP contribution is -2.04. The number of para-hydroxylation sites is 1. The van der Waals surface area contributed by atoms with Crippen LogP contribution < -0.4 is 4.74 Å². The molecule has 1 aromatic heterocycles. The van der Waals surface area contributed by atoms with Crippen molar-refractivity contribution in [2.75, 3.05) is 6.61 Å². The summed E-state index contributed by atoms with van der Waals surface area (Å²) in [5.74, 6) is 0.686. The molecular weight excluding hydrogens is 224 g/mol. The minimum absolute atomic E-state index is 0.553. The van der Waals surface area contributed by atoms with Crippen molar-refractivity contribution >= 4 is 11.7 Å². The van der Waals surface area contributed by atoms with E-state index in [0.29, 0.717) is 18.1 Å². The molecule has 0 saturated heterocycles. The average Bonchev–Trinajstić information content (AvgIpc) is 2.83. The summed E-state index contributed by atoms with van der Waals surface area (Å²) in [5.41, 5.74) is 1.27. The van der Waals surface area contributed by atoms with Crippen LogP contribution in [0.2, 0.25) is 0 Å². The number of benzene rings is 1. The Bertz CT molecular complexity index is 445. The van der Waals surface area contributed by atoms with E-state index < -0.39 is 6.10 Å². The molecule has 1 N–H and O–H groups in total. The van der Waals surface area contributed by atoms with E-state index >= 15 is 0 Å². The number of aliphatic hydroxyl groups is 1. The molecule has 0 amide bonds. The van der Waals surface area contributed by atoms with Crippen molar-refractivity contribution in [2.24, 2.45) is 0 Å². The largest absolute Gasteiger partial charge is 0.493 e. The van der Waals surface area contributed by atoms with Crippen molar-refractivity contribution in [1.82, 2.24) is 8.75 Å². The smallest absolute Gasteiger partial charge is 0.127 e. The first-order chi connectivity index (χ1) is 7.83. The molecule has 1 heterocycles. The van der Waals surface area contributed by atoms with Gasteiger partial charge in [0.2, 0.25) is 0 Å². The number of hydrogen-bond acceptors (Lipinski definition) is 5. The second-order valence-corrected chi connectivity index (χ2v) is 3.76. The number of rotatable bonds is 4. The maximum Gasteiger partial charge on any atom is 0.127 e. The molecule has 2 rings (SSSR count). The van der Waals surface area contributed by atoms with Gasteiger partial charge in [-0.2, -0.15) is 8.75 Å². The third-order valence-electron chi connectivity index (χ3n) is 2.17. The topological polar surface area (TPSA) is 55.2 Å². The second-order valence-electron chi connectivity index (χ2n) is 3.21.